The molecular weight excluding hydrogens is 657 g/mol. The number of fused-ring (bicyclic) bond motifs is 6. The number of nitrogens with zero attached hydrogens (tertiary/aromatic N) is 2. The second kappa shape index (κ2) is 12.7. The lowest BCUT2D eigenvalue weighted by atomic mass is 9.82. The lowest BCUT2D eigenvalue weighted by Gasteiger charge is -2.28. The van der Waals surface area contributed by atoms with E-state index in [0.717, 1.165) is 56.1 Å². The van der Waals surface area contributed by atoms with E-state index in [4.69, 9.17) is 4.42 Å². The van der Waals surface area contributed by atoms with Crippen LogP contribution in [0.5, 0.6) is 0 Å². The number of anilines is 6. The van der Waals surface area contributed by atoms with Gasteiger partial charge >= 0.3 is 0 Å². The van der Waals surface area contributed by atoms with E-state index in [0.29, 0.717) is 0 Å². The Labute approximate surface area is 316 Å². The minimum Gasteiger partial charge on any atom is -0.456 e. The minimum absolute atomic E-state index is 0.0993. The Hall–Kier alpha value is -6.84. The summed E-state index contributed by atoms with van der Waals surface area (Å²) in [6.07, 6.45) is 0. The van der Waals surface area contributed by atoms with Crippen molar-refractivity contribution in [3.8, 4) is 22.3 Å². The summed E-state index contributed by atoms with van der Waals surface area (Å²) in [6, 6.07) is 69.5. The topological polar surface area (TPSA) is 19.6 Å². The molecule has 54 heavy (non-hydrogen) atoms. The van der Waals surface area contributed by atoms with Crippen LogP contribution in [0.25, 0.3) is 44.2 Å². The van der Waals surface area contributed by atoms with Crippen molar-refractivity contribution in [2.75, 3.05) is 9.80 Å². The molecule has 0 aliphatic heterocycles. The van der Waals surface area contributed by atoms with Gasteiger partial charge in [0, 0.05) is 50.3 Å². The first-order valence-electron chi connectivity index (χ1n) is 18.6. The summed E-state index contributed by atoms with van der Waals surface area (Å²) in [5.74, 6) is 0. The SMILES string of the molecule is CC1(C)c2ccccc2-c2ccc(N(c3ccccc3)c3ccc4oc5ccc(N(c6ccccc6)c6ccc(-c7ccccc7)cc6)cc5c4c3)cc21. The average molecular weight is 695 g/mol. The van der Waals surface area contributed by atoms with Crippen molar-refractivity contribution < 1.29 is 4.42 Å². The van der Waals surface area contributed by atoms with Gasteiger partial charge in [-0.05, 0) is 118 Å². The van der Waals surface area contributed by atoms with E-state index in [2.05, 4.69) is 218 Å². The molecule has 9 aromatic rings. The zero-order valence-electron chi connectivity index (χ0n) is 30.3. The molecule has 1 aliphatic rings. The molecule has 0 unspecified atom stereocenters. The molecule has 0 atom stereocenters. The maximum atomic E-state index is 6.50. The number of para-hydroxylation sites is 2. The van der Waals surface area contributed by atoms with Gasteiger partial charge in [0.25, 0.3) is 0 Å². The second-order valence-corrected chi connectivity index (χ2v) is 14.6. The first kappa shape index (κ1) is 31.9. The molecule has 0 amide bonds. The molecule has 3 heteroatoms. The Morgan fingerprint density at radius 2 is 0.778 bits per heavy atom. The smallest absolute Gasteiger partial charge is 0.135 e. The number of benzene rings is 8. The van der Waals surface area contributed by atoms with E-state index in [1.807, 2.05) is 0 Å². The van der Waals surface area contributed by atoms with E-state index in [1.165, 1.54) is 33.4 Å². The fourth-order valence-corrected chi connectivity index (χ4v) is 8.35. The van der Waals surface area contributed by atoms with Crippen LogP contribution in [0.15, 0.2) is 199 Å². The molecule has 0 bridgehead atoms. The predicted molar refractivity (Wildman–Crippen MR) is 226 cm³/mol. The summed E-state index contributed by atoms with van der Waals surface area (Å²) in [5.41, 5.74) is 15.9. The van der Waals surface area contributed by atoms with E-state index < -0.39 is 0 Å². The van der Waals surface area contributed by atoms with Crippen molar-refractivity contribution in [2.24, 2.45) is 0 Å². The maximum Gasteiger partial charge on any atom is 0.135 e. The first-order chi connectivity index (χ1) is 26.5. The molecule has 1 aliphatic carbocycles. The van der Waals surface area contributed by atoms with E-state index in [9.17, 15) is 0 Å². The van der Waals surface area contributed by atoms with Crippen molar-refractivity contribution in [3.05, 3.63) is 205 Å². The molecule has 0 radical (unpaired) electrons. The third-order valence-electron chi connectivity index (χ3n) is 11.0. The molecule has 10 rings (SSSR count). The molecule has 258 valence electrons. The lowest BCUT2D eigenvalue weighted by Crippen LogP contribution is -2.16. The van der Waals surface area contributed by atoms with Gasteiger partial charge in [0.1, 0.15) is 11.2 Å². The van der Waals surface area contributed by atoms with Crippen molar-refractivity contribution in [1.29, 1.82) is 0 Å². The molecule has 0 saturated carbocycles. The molecule has 0 spiro atoms. The van der Waals surface area contributed by atoms with Crippen LogP contribution in [0, 0.1) is 0 Å². The van der Waals surface area contributed by atoms with Gasteiger partial charge in [0.2, 0.25) is 0 Å². The first-order valence-corrected chi connectivity index (χ1v) is 18.6. The third-order valence-corrected chi connectivity index (χ3v) is 11.0. The van der Waals surface area contributed by atoms with Crippen LogP contribution >= 0.6 is 0 Å². The van der Waals surface area contributed by atoms with Gasteiger partial charge in [-0.3, -0.25) is 0 Å². The Morgan fingerprint density at radius 3 is 1.39 bits per heavy atom. The normalized spacial score (nSPS) is 12.8. The average Bonchev–Trinajstić information content (AvgIpc) is 3.70. The van der Waals surface area contributed by atoms with Crippen LogP contribution in [-0.4, -0.2) is 0 Å². The summed E-state index contributed by atoms with van der Waals surface area (Å²) in [6.45, 7) is 4.68. The number of rotatable bonds is 7. The Balaban J connectivity index is 1.10. The van der Waals surface area contributed by atoms with Gasteiger partial charge in [0.15, 0.2) is 0 Å². The summed E-state index contributed by atoms with van der Waals surface area (Å²) in [4.78, 5) is 4.68. The zero-order valence-corrected chi connectivity index (χ0v) is 30.3. The van der Waals surface area contributed by atoms with Gasteiger partial charge in [-0.1, -0.05) is 123 Å². The highest BCUT2D eigenvalue weighted by atomic mass is 16.3. The van der Waals surface area contributed by atoms with Crippen LogP contribution in [0.4, 0.5) is 34.1 Å². The molecule has 0 N–H and O–H groups in total. The van der Waals surface area contributed by atoms with E-state index in [-0.39, 0.29) is 5.41 Å². The Kier molecular flexibility index (Phi) is 7.48. The van der Waals surface area contributed by atoms with Crippen LogP contribution in [0.3, 0.4) is 0 Å². The number of furan rings is 1. The molecule has 1 heterocycles. The number of hydrogen-bond donors (Lipinski definition) is 0. The monoisotopic (exact) mass is 694 g/mol. The fourth-order valence-electron chi connectivity index (χ4n) is 8.35. The van der Waals surface area contributed by atoms with Crippen LogP contribution in [0.1, 0.15) is 25.0 Å². The summed E-state index contributed by atoms with van der Waals surface area (Å²) in [7, 11) is 0. The molecule has 0 fully saturated rings. The van der Waals surface area contributed by atoms with Crippen molar-refractivity contribution >= 4 is 56.1 Å². The highest BCUT2D eigenvalue weighted by Gasteiger charge is 2.35. The number of hydrogen-bond acceptors (Lipinski definition) is 3. The Bertz CT molecular complexity index is 2790. The zero-order chi connectivity index (χ0) is 36.2. The summed E-state index contributed by atoms with van der Waals surface area (Å²) >= 11 is 0. The lowest BCUT2D eigenvalue weighted by molar-refractivity contribution is 0.660. The molecule has 3 nitrogen and oxygen atoms in total. The van der Waals surface area contributed by atoms with Gasteiger partial charge in [-0.2, -0.15) is 0 Å². The van der Waals surface area contributed by atoms with Crippen LogP contribution in [0.2, 0.25) is 0 Å². The molecule has 0 saturated heterocycles. The largest absolute Gasteiger partial charge is 0.456 e. The quantitative estimate of drug-likeness (QED) is 0.166. The minimum atomic E-state index is -0.0993. The van der Waals surface area contributed by atoms with Crippen LogP contribution < -0.4 is 9.80 Å². The molecular formula is C51H38N2O. The van der Waals surface area contributed by atoms with Gasteiger partial charge in [-0.15, -0.1) is 0 Å². The predicted octanol–water partition coefficient (Wildman–Crippen LogP) is 14.5. The van der Waals surface area contributed by atoms with Crippen molar-refractivity contribution in [3.63, 3.8) is 0 Å². The highest BCUT2D eigenvalue weighted by molar-refractivity contribution is 6.08. The van der Waals surface area contributed by atoms with Gasteiger partial charge < -0.3 is 14.2 Å². The standard InChI is InChI=1S/C51H38N2O/c1-51(2)47-21-13-12-20-43(47)44-29-26-42(34-48(44)51)53(38-18-10-5-11-19-38)41-28-31-50-46(33-41)45-32-40(27-30-49(45)54-50)52(37-16-8-4-9-17-37)39-24-22-36(23-25-39)35-14-6-3-7-15-35/h3-34H,1-2H3. The fraction of sp³-hybridized carbons (Fsp3) is 0.0588. The van der Waals surface area contributed by atoms with Gasteiger partial charge in [0.05, 0.1) is 0 Å². The maximum absolute atomic E-state index is 6.50. The van der Waals surface area contributed by atoms with E-state index >= 15 is 0 Å². The third kappa shape index (κ3) is 5.28. The van der Waals surface area contributed by atoms with Gasteiger partial charge in [-0.25, -0.2) is 0 Å². The van der Waals surface area contributed by atoms with Crippen molar-refractivity contribution in [1.82, 2.24) is 0 Å². The summed E-state index contributed by atoms with van der Waals surface area (Å²) < 4.78 is 6.50. The summed E-state index contributed by atoms with van der Waals surface area (Å²) in [5, 5.41) is 2.15. The van der Waals surface area contributed by atoms with Crippen LogP contribution in [-0.2, 0) is 5.41 Å². The molecule has 8 aromatic carbocycles. The van der Waals surface area contributed by atoms with E-state index in [1.54, 1.807) is 0 Å². The second-order valence-electron chi connectivity index (χ2n) is 14.6. The highest BCUT2D eigenvalue weighted by Crippen LogP contribution is 2.51. The Morgan fingerprint density at radius 1 is 0.352 bits per heavy atom. The van der Waals surface area contributed by atoms with Crippen molar-refractivity contribution in [2.45, 2.75) is 19.3 Å². The molecule has 1 aromatic heterocycles.